The van der Waals surface area contributed by atoms with Crippen molar-refractivity contribution in [3.8, 4) is 67.1 Å². The van der Waals surface area contributed by atoms with E-state index in [9.17, 15) is 0 Å². The molecule has 286 valence electrons. The van der Waals surface area contributed by atoms with Crippen molar-refractivity contribution in [2.75, 3.05) is 4.90 Å². The zero-order chi connectivity index (χ0) is 40.3. The van der Waals surface area contributed by atoms with Crippen molar-refractivity contribution in [3.63, 3.8) is 0 Å². The Morgan fingerprint density at radius 2 is 0.951 bits per heavy atom. The van der Waals surface area contributed by atoms with E-state index in [1.165, 1.54) is 48.0 Å². The van der Waals surface area contributed by atoms with Gasteiger partial charge in [-0.3, -0.25) is 0 Å². The lowest BCUT2D eigenvalue weighted by Gasteiger charge is -2.29. The minimum Gasteiger partial charge on any atom is -0.455 e. The predicted octanol–water partition coefficient (Wildman–Crippen LogP) is 17.1. The lowest BCUT2D eigenvalue weighted by atomic mass is 9.89. The van der Waals surface area contributed by atoms with Gasteiger partial charge in [-0.25, -0.2) is 0 Å². The van der Waals surface area contributed by atoms with E-state index in [0.29, 0.717) is 0 Å². The molecule has 10 aromatic carbocycles. The van der Waals surface area contributed by atoms with Crippen LogP contribution >= 0.6 is 11.3 Å². The Morgan fingerprint density at radius 1 is 0.361 bits per heavy atom. The fourth-order valence-corrected chi connectivity index (χ4v) is 10.4. The Bertz CT molecular complexity index is 3420. The third-order valence-electron chi connectivity index (χ3n) is 12.1. The highest BCUT2D eigenvalue weighted by atomic mass is 32.1. The molecule has 0 aliphatic carbocycles. The van der Waals surface area contributed by atoms with Gasteiger partial charge in [0.05, 0.1) is 5.69 Å². The Morgan fingerprint density at radius 3 is 1.72 bits per heavy atom. The number of hydrogen-bond donors (Lipinski definition) is 0. The van der Waals surface area contributed by atoms with Gasteiger partial charge in [0, 0.05) is 48.1 Å². The number of nitrogens with zero attached hydrogens (tertiary/aromatic N) is 1. The quantitative estimate of drug-likeness (QED) is 0.166. The molecule has 2 heterocycles. The van der Waals surface area contributed by atoms with Gasteiger partial charge in [0.2, 0.25) is 0 Å². The van der Waals surface area contributed by atoms with Gasteiger partial charge in [-0.2, -0.15) is 0 Å². The fraction of sp³-hybridized carbons (Fsp3) is 0. The summed E-state index contributed by atoms with van der Waals surface area (Å²) in [6.45, 7) is 0. The van der Waals surface area contributed by atoms with E-state index < -0.39 is 0 Å². The van der Waals surface area contributed by atoms with Crippen molar-refractivity contribution in [1.29, 1.82) is 0 Å². The molecule has 12 rings (SSSR count). The molecule has 0 fully saturated rings. The molecule has 0 bridgehead atoms. The zero-order valence-electron chi connectivity index (χ0n) is 33.1. The highest BCUT2D eigenvalue weighted by Crippen LogP contribution is 2.55. The minimum atomic E-state index is 0.820. The van der Waals surface area contributed by atoms with Crippen LogP contribution in [0.15, 0.2) is 224 Å². The molecule has 0 radical (unpaired) electrons. The molecule has 1 aliphatic heterocycles. The average Bonchev–Trinajstić information content (AvgIpc) is 3.65. The normalized spacial score (nSPS) is 11.7. The van der Waals surface area contributed by atoms with E-state index in [2.05, 4.69) is 229 Å². The molecular weight excluding hydrogens is 759 g/mol. The van der Waals surface area contributed by atoms with Crippen LogP contribution in [-0.4, -0.2) is 0 Å². The van der Waals surface area contributed by atoms with Crippen LogP contribution in [0.2, 0.25) is 0 Å². The van der Waals surface area contributed by atoms with Gasteiger partial charge in [0.15, 0.2) is 0 Å². The molecular formula is C58H37NOS. The zero-order valence-corrected chi connectivity index (χ0v) is 33.9. The molecule has 0 amide bonds. The molecule has 3 heteroatoms. The van der Waals surface area contributed by atoms with Crippen LogP contribution < -0.4 is 9.64 Å². The van der Waals surface area contributed by atoms with Crippen LogP contribution in [0.4, 0.5) is 17.1 Å². The van der Waals surface area contributed by atoms with E-state index in [1.54, 1.807) is 0 Å². The Kier molecular flexibility index (Phi) is 8.39. The first-order chi connectivity index (χ1) is 30.2. The number of benzene rings is 10. The van der Waals surface area contributed by atoms with Crippen molar-refractivity contribution >= 4 is 59.3 Å². The van der Waals surface area contributed by atoms with Crippen molar-refractivity contribution in [1.82, 2.24) is 0 Å². The number of anilines is 3. The molecule has 11 aromatic rings. The first kappa shape index (κ1) is 35.2. The smallest absolute Gasteiger partial charge is 0.143 e. The Hall–Kier alpha value is -7.72. The first-order valence-electron chi connectivity index (χ1n) is 20.7. The van der Waals surface area contributed by atoms with Crippen LogP contribution in [0.25, 0.3) is 86.6 Å². The van der Waals surface area contributed by atoms with Gasteiger partial charge in [-0.1, -0.05) is 170 Å². The van der Waals surface area contributed by atoms with Gasteiger partial charge in [-0.15, -0.1) is 11.3 Å². The SMILES string of the molecule is c1ccc(-c2ccc(N(c3ccc(-c4cccc5c4sc4ccccc45)cc3)c3cccc4c3-c3ccc(-c5ccccc5)cc3-c3ccc5ccccc5c3O4)cc2)cc1. The molecule has 0 saturated carbocycles. The third kappa shape index (κ3) is 6.01. The molecule has 0 N–H and O–H groups in total. The van der Waals surface area contributed by atoms with E-state index in [-0.39, 0.29) is 0 Å². The average molecular weight is 796 g/mol. The highest BCUT2D eigenvalue weighted by Gasteiger charge is 2.28. The monoisotopic (exact) mass is 795 g/mol. The van der Waals surface area contributed by atoms with E-state index in [1.807, 2.05) is 11.3 Å². The van der Waals surface area contributed by atoms with Crippen LogP contribution in [0.5, 0.6) is 11.5 Å². The lowest BCUT2D eigenvalue weighted by molar-refractivity contribution is 0.493. The van der Waals surface area contributed by atoms with Crippen LogP contribution in [-0.2, 0) is 0 Å². The predicted molar refractivity (Wildman–Crippen MR) is 259 cm³/mol. The van der Waals surface area contributed by atoms with Crippen molar-refractivity contribution < 1.29 is 4.74 Å². The van der Waals surface area contributed by atoms with Gasteiger partial charge >= 0.3 is 0 Å². The van der Waals surface area contributed by atoms with Crippen molar-refractivity contribution in [2.24, 2.45) is 0 Å². The lowest BCUT2D eigenvalue weighted by Crippen LogP contribution is -2.11. The van der Waals surface area contributed by atoms with Crippen LogP contribution in [0.3, 0.4) is 0 Å². The van der Waals surface area contributed by atoms with Crippen molar-refractivity contribution in [3.05, 3.63) is 224 Å². The van der Waals surface area contributed by atoms with Crippen LogP contribution in [0.1, 0.15) is 0 Å². The van der Waals surface area contributed by atoms with Gasteiger partial charge < -0.3 is 9.64 Å². The Labute approximate surface area is 358 Å². The van der Waals surface area contributed by atoms with Gasteiger partial charge in [0.1, 0.15) is 11.5 Å². The third-order valence-corrected chi connectivity index (χ3v) is 13.3. The van der Waals surface area contributed by atoms with Gasteiger partial charge in [0.25, 0.3) is 0 Å². The highest BCUT2D eigenvalue weighted by molar-refractivity contribution is 7.26. The number of ether oxygens (including phenoxy) is 1. The molecule has 61 heavy (non-hydrogen) atoms. The second kappa shape index (κ2) is 14.5. The summed E-state index contributed by atoms with van der Waals surface area (Å²) >= 11 is 1.87. The number of hydrogen-bond acceptors (Lipinski definition) is 3. The minimum absolute atomic E-state index is 0.820. The number of fused-ring (bicyclic) bond motifs is 10. The summed E-state index contributed by atoms with van der Waals surface area (Å²) in [5.41, 5.74) is 14.7. The summed E-state index contributed by atoms with van der Waals surface area (Å²) in [7, 11) is 0. The second-order valence-electron chi connectivity index (χ2n) is 15.6. The molecule has 0 spiro atoms. The number of thiophene rings is 1. The summed E-state index contributed by atoms with van der Waals surface area (Å²) in [5, 5.41) is 4.85. The molecule has 1 aromatic heterocycles. The summed E-state index contributed by atoms with van der Waals surface area (Å²) in [6.07, 6.45) is 0. The topological polar surface area (TPSA) is 12.5 Å². The molecule has 0 atom stereocenters. The molecule has 1 aliphatic rings. The standard InChI is InChI=1S/C58H37NOS/c1-3-13-38(14-4-1)40-25-31-44(32-26-40)59(45-33-27-42(28-34-45)47-20-11-21-51-48-19-9-10-24-55(48)61-58(47)51)53-22-12-23-54-56(53)49-35-30-43(39-15-5-2-6-16-39)37-52(49)50-36-29-41-17-7-8-18-46(41)57(50)60-54/h1-37H. The first-order valence-corrected chi connectivity index (χ1v) is 21.6. The molecule has 0 unspecified atom stereocenters. The molecule has 2 nitrogen and oxygen atoms in total. The summed E-state index contributed by atoms with van der Waals surface area (Å²) in [6, 6.07) is 81.0. The number of rotatable bonds is 6. The largest absolute Gasteiger partial charge is 0.455 e. The van der Waals surface area contributed by atoms with Crippen molar-refractivity contribution in [2.45, 2.75) is 0 Å². The molecule has 0 saturated heterocycles. The summed E-state index contributed by atoms with van der Waals surface area (Å²) < 4.78 is 9.82. The maximum atomic E-state index is 7.20. The van der Waals surface area contributed by atoms with E-state index in [0.717, 1.165) is 67.2 Å². The van der Waals surface area contributed by atoms with E-state index >= 15 is 0 Å². The second-order valence-corrected chi connectivity index (χ2v) is 16.7. The maximum absolute atomic E-state index is 7.20. The fourth-order valence-electron chi connectivity index (χ4n) is 9.16. The summed E-state index contributed by atoms with van der Waals surface area (Å²) in [5.74, 6) is 1.69. The Balaban J connectivity index is 1.07. The van der Waals surface area contributed by atoms with Gasteiger partial charge in [-0.05, 0) is 104 Å². The van der Waals surface area contributed by atoms with Crippen LogP contribution in [0, 0.1) is 0 Å². The van der Waals surface area contributed by atoms with E-state index in [4.69, 9.17) is 4.74 Å². The maximum Gasteiger partial charge on any atom is 0.143 e. The summed E-state index contributed by atoms with van der Waals surface area (Å²) in [4.78, 5) is 2.39.